The van der Waals surface area contributed by atoms with Crippen LogP contribution in [0.1, 0.15) is 17.2 Å². The quantitative estimate of drug-likeness (QED) is 0.567. The highest BCUT2D eigenvalue weighted by atomic mass is 35.5. The molecule has 1 fully saturated rings. The van der Waals surface area contributed by atoms with Gasteiger partial charge in [0, 0.05) is 5.54 Å². The van der Waals surface area contributed by atoms with E-state index in [-0.39, 0.29) is 11.4 Å². The average molecular weight is 443 g/mol. The molecular weight excluding hydrogens is 424 g/mol. The number of rotatable bonds is 5. The Bertz CT molecular complexity index is 1020. The Kier molecular flexibility index (Phi) is 5.85. The van der Waals surface area contributed by atoms with Gasteiger partial charge < -0.3 is 10.5 Å². The number of benzene rings is 2. The summed E-state index contributed by atoms with van der Waals surface area (Å²) >= 11 is 5.72. The number of carbonyl (C=O) groups excluding carboxylic acids is 2. The molecule has 2 aliphatic heterocycles. The van der Waals surface area contributed by atoms with Crippen molar-refractivity contribution in [3.63, 3.8) is 0 Å². The van der Waals surface area contributed by atoms with Crippen LogP contribution >= 0.6 is 11.6 Å². The summed E-state index contributed by atoms with van der Waals surface area (Å²) in [5, 5.41) is -0.737. The van der Waals surface area contributed by atoms with Gasteiger partial charge in [0.15, 0.2) is 6.10 Å². The van der Waals surface area contributed by atoms with Crippen LogP contribution in [-0.2, 0) is 25.1 Å². The van der Waals surface area contributed by atoms with E-state index >= 15 is 0 Å². The van der Waals surface area contributed by atoms with Crippen molar-refractivity contribution in [3.05, 3.63) is 94.7 Å². The molecule has 2 heterocycles. The third kappa shape index (κ3) is 3.60. The number of hydrogen-bond donors (Lipinski definition) is 1. The molecule has 154 valence electrons. The van der Waals surface area contributed by atoms with E-state index in [2.05, 4.69) is 0 Å². The molecule has 0 saturated carbocycles. The number of β-lactam (4-membered cyclic amide) rings is 1. The summed E-state index contributed by atoms with van der Waals surface area (Å²) in [5.41, 5.74) is 9.04. The molecular formula is C22H19ClN2O4S. The van der Waals surface area contributed by atoms with Crippen LogP contribution in [0.5, 0.6) is 0 Å². The highest BCUT2D eigenvalue weighted by Crippen LogP contribution is 2.36. The molecule has 8 heteroatoms. The third-order valence-corrected chi connectivity index (χ3v) is 6.85. The van der Waals surface area contributed by atoms with Gasteiger partial charge in [0.25, 0.3) is 0 Å². The van der Waals surface area contributed by atoms with Crippen LogP contribution in [0.15, 0.2) is 83.5 Å². The molecule has 4 rings (SSSR count). The van der Waals surface area contributed by atoms with Gasteiger partial charge in [-0.15, -0.1) is 0 Å². The van der Waals surface area contributed by atoms with Crippen molar-refractivity contribution in [2.24, 2.45) is 5.73 Å². The number of fused-ring (bicyclic) bond motifs is 1. The average Bonchev–Trinajstić information content (AvgIpc) is 2.77. The molecule has 1 saturated heterocycles. The van der Waals surface area contributed by atoms with Gasteiger partial charge in [-0.3, -0.25) is 13.9 Å². The summed E-state index contributed by atoms with van der Waals surface area (Å²) < 4.78 is 18.4. The molecule has 3 unspecified atom stereocenters. The Balaban J connectivity index is 1.73. The van der Waals surface area contributed by atoms with Gasteiger partial charge >= 0.3 is 5.97 Å². The minimum Gasteiger partial charge on any atom is -0.448 e. The highest BCUT2D eigenvalue weighted by molar-refractivity contribution is 7.86. The van der Waals surface area contributed by atoms with E-state index in [1.165, 1.54) is 16.5 Å². The standard InChI is InChI=1S/C22H19ClN2O4S/c23-12-11-16-13-30(28)21-17(24)20(26)25(21)18(16)22(27)29-19(14-7-3-1-4-8-14)15-9-5-2-6-10-15/h1-12,17,19,21H,13,24H2. The van der Waals surface area contributed by atoms with Crippen LogP contribution in [0.4, 0.5) is 0 Å². The summed E-state index contributed by atoms with van der Waals surface area (Å²) in [7, 11) is -1.43. The topological polar surface area (TPSA) is 89.7 Å². The summed E-state index contributed by atoms with van der Waals surface area (Å²) in [6, 6.07) is 17.7. The minimum absolute atomic E-state index is 0.0417. The van der Waals surface area contributed by atoms with E-state index in [1.54, 1.807) is 0 Å². The number of esters is 1. The van der Waals surface area contributed by atoms with Gasteiger partial charge in [0.2, 0.25) is 5.91 Å². The lowest BCUT2D eigenvalue weighted by molar-refractivity contribution is -0.153. The highest BCUT2D eigenvalue weighted by Gasteiger charge is 2.55. The van der Waals surface area contributed by atoms with E-state index in [9.17, 15) is 13.8 Å². The molecule has 1 amide bonds. The fourth-order valence-electron chi connectivity index (χ4n) is 3.65. The van der Waals surface area contributed by atoms with Crippen molar-refractivity contribution in [2.45, 2.75) is 17.5 Å². The second-order valence-electron chi connectivity index (χ2n) is 6.92. The van der Waals surface area contributed by atoms with Gasteiger partial charge in [0.05, 0.1) is 16.6 Å². The monoisotopic (exact) mass is 442 g/mol. The van der Waals surface area contributed by atoms with Crippen LogP contribution in [0.2, 0.25) is 0 Å². The largest absolute Gasteiger partial charge is 0.448 e. The second-order valence-corrected chi connectivity index (χ2v) is 8.71. The van der Waals surface area contributed by atoms with Gasteiger partial charge in [-0.05, 0) is 22.8 Å². The number of halogens is 1. The fraction of sp³-hybridized carbons (Fsp3) is 0.182. The third-order valence-electron chi connectivity index (χ3n) is 5.08. The van der Waals surface area contributed by atoms with Crippen molar-refractivity contribution in [1.29, 1.82) is 0 Å². The lowest BCUT2D eigenvalue weighted by Crippen LogP contribution is -2.71. The van der Waals surface area contributed by atoms with Crippen molar-refractivity contribution in [1.82, 2.24) is 4.90 Å². The summed E-state index contributed by atoms with van der Waals surface area (Å²) in [6.07, 6.45) is 0.785. The summed E-state index contributed by atoms with van der Waals surface area (Å²) in [4.78, 5) is 26.9. The number of hydrogen-bond acceptors (Lipinski definition) is 5. The molecule has 2 N–H and O–H groups in total. The van der Waals surface area contributed by atoms with Crippen molar-refractivity contribution < 1.29 is 18.5 Å². The Hall–Kier alpha value is -2.74. The molecule has 0 spiro atoms. The van der Waals surface area contributed by atoms with Gasteiger partial charge in [-0.1, -0.05) is 72.3 Å². The number of nitrogens with two attached hydrogens (primary N) is 1. The first-order chi connectivity index (χ1) is 14.5. The van der Waals surface area contributed by atoms with Crippen LogP contribution in [0, 0.1) is 0 Å². The summed E-state index contributed by atoms with van der Waals surface area (Å²) in [6.45, 7) is 0. The zero-order valence-electron chi connectivity index (χ0n) is 15.8. The molecule has 0 radical (unpaired) electrons. The van der Waals surface area contributed by atoms with Crippen LogP contribution < -0.4 is 5.73 Å². The number of amides is 1. The lowest BCUT2D eigenvalue weighted by atomic mass is 10.0. The first-order valence-corrected chi connectivity index (χ1v) is 11.1. The Morgan fingerprint density at radius 3 is 2.23 bits per heavy atom. The Morgan fingerprint density at radius 2 is 1.70 bits per heavy atom. The smallest absolute Gasteiger partial charge is 0.356 e. The van der Waals surface area contributed by atoms with Gasteiger partial charge in [-0.2, -0.15) is 0 Å². The van der Waals surface area contributed by atoms with Crippen molar-refractivity contribution in [3.8, 4) is 0 Å². The number of nitrogens with zero attached hydrogens (tertiary/aromatic N) is 1. The van der Waals surface area contributed by atoms with E-state index in [0.717, 1.165) is 11.1 Å². The molecule has 0 aromatic heterocycles. The second kappa shape index (κ2) is 8.55. The Labute approximate surface area is 181 Å². The van der Waals surface area contributed by atoms with E-state index < -0.39 is 40.2 Å². The molecule has 2 aliphatic rings. The van der Waals surface area contributed by atoms with Crippen LogP contribution in [0.25, 0.3) is 0 Å². The predicted octanol–water partition coefficient (Wildman–Crippen LogP) is 2.58. The molecule has 0 aliphatic carbocycles. The van der Waals surface area contributed by atoms with Crippen molar-refractivity contribution in [2.75, 3.05) is 5.75 Å². The molecule has 6 nitrogen and oxygen atoms in total. The number of ether oxygens (including phenoxy) is 1. The maximum Gasteiger partial charge on any atom is 0.356 e. The van der Waals surface area contributed by atoms with E-state index in [4.69, 9.17) is 22.1 Å². The molecule has 3 atom stereocenters. The predicted molar refractivity (Wildman–Crippen MR) is 114 cm³/mol. The first-order valence-electron chi connectivity index (χ1n) is 9.29. The Morgan fingerprint density at radius 1 is 1.13 bits per heavy atom. The minimum atomic E-state index is -1.43. The molecule has 30 heavy (non-hydrogen) atoms. The van der Waals surface area contributed by atoms with Gasteiger partial charge in [-0.25, -0.2) is 4.79 Å². The maximum absolute atomic E-state index is 13.3. The van der Waals surface area contributed by atoms with E-state index in [0.29, 0.717) is 5.57 Å². The van der Waals surface area contributed by atoms with Crippen LogP contribution in [-0.4, -0.2) is 38.2 Å². The molecule has 2 aromatic carbocycles. The fourth-order valence-corrected chi connectivity index (χ4v) is 5.40. The van der Waals surface area contributed by atoms with Crippen molar-refractivity contribution >= 4 is 34.3 Å². The van der Waals surface area contributed by atoms with E-state index in [1.807, 2.05) is 60.7 Å². The summed E-state index contributed by atoms with van der Waals surface area (Å²) in [5.74, 6) is -1.09. The SMILES string of the molecule is NC1C(=O)N2C(C(=O)OC(c3ccccc3)c3ccccc3)=C(C=CCl)CS(=O)C12. The normalized spacial score (nSPS) is 23.5. The van der Waals surface area contributed by atoms with Crippen LogP contribution in [0.3, 0.4) is 0 Å². The number of allylic oxidation sites excluding steroid dienone is 1. The number of carbonyl (C=O) groups is 2. The zero-order valence-corrected chi connectivity index (χ0v) is 17.4. The first kappa shape index (κ1) is 20.5. The lowest BCUT2D eigenvalue weighted by Gasteiger charge is -2.47. The zero-order chi connectivity index (χ0) is 21.3. The maximum atomic E-state index is 13.3. The molecule has 0 bridgehead atoms. The molecule has 2 aromatic rings. The van der Waals surface area contributed by atoms with Gasteiger partial charge in [0.1, 0.15) is 17.1 Å².